The van der Waals surface area contributed by atoms with Gasteiger partial charge in [0.15, 0.2) is 0 Å². The van der Waals surface area contributed by atoms with Gasteiger partial charge in [0.25, 0.3) is 5.91 Å². The number of amides is 2. The van der Waals surface area contributed by atoms with E-state index in [1.807, 2.05) is 29.9 Å². The summed E-state index contributed by atoms with van der Waals surface area (Å²) in [7, 11) is 1.88. The van der Waals surface area contributed by atoms with Gasteiger partial charge >= 0.3 is 6.18 Å². The minimum atomic E-state index is -4.48. The number of carbonyl (C=O) groups excluding carboxylic acids is 2. The monoisotopic (exact) mass is 459 g/mol. The quantitative estimate of drug-likeness (QED) is 0.500. The highest BCUT2D eigenvalue weighted by Gasteiger charge is 2.36. The van der Waals surface area contributed by atoms with Gasteiger partial charge in [-0.05, 0) is 61.4 Å². The fourth-order valence-corrected chi connectivity index (χ4v) is 3.65. The number of hydrogen-bond donors (Lipinski definition) is 0. The van der Waals surface area contributed by atoms with Crippen molar-refractivity contribution in [1.82, 2.24) is 14.4 Å². The number of benzene rings is 1. The minimum Gasteiger partial charge on any atom is -0.467 e. The van der Waals surface area contributed by atoms with Crippen molar-refractivity contribution in [3.8, 4) is 0 Å². The predicted octanol–water partition coefficient (Wildman–Crippen LogP) is 4.47. The molecule has 33 heavy (non-hydrogen) atoms. The molecule has 1 fully saturated rings. The number of carbonyl (C=O) groups is 2. The van der Waals surface area contributed by atoms with Gasteiger partial charge in [0.2, 0.25) is 5.91 Å². The molecule has 174 valence electrons. The summed E-state index contributed by atoms with van der Waals surface area (Å²) in [6.07, 6.45) is 0.461. The highest BCUT2D eigenvalue weighted by molar-refractivity contribution is 5.97. The lowest BCUT2D eigenvalue weighted by atomic mass is 10.1. The van der Waals surface area contributed by atoms with Crippen LogP contribution in [0.1, 0.15) is 40.2 Å². The van der Waals surface area contributed by atoms with Crippen LogP contribution >= 0.6 is 0 Å². The van der Waals surface area contributed by atoms with E-state index in [2.05, 4.69) is 0 Å². The molecule has 0 saturated heterocycles. The van der Waals surface area contributed by atoms with E-state index in [1.165, 1.54) is 11.2 Å². The summed E-state index contributed by atoms with van der Waals surface area (Å²) in [5.41, 5.74) is 0.227. The molecule has 4 rings (SSSR count). The number of halogens is 3. The molecule has 0 spiro atoms. The summed E-state index contributed by atoms with van der Waals surface area (Å²) in [6, 6.07) is 11.3. The van der Waals surface area contributed by atoms with Crippen molar-refractivity contribution in [1.29, 1.82) is 0 Å². The second kappa shape index (κ2) is 9.17. The number of alkyl halides is 3. The van der Waals surface area contributed by atoms with E-state index >= 15 is 0 Å². The Morgan fingerprint density at radius 3 is 2.33 bits per heavy atom. The molecular formula is C24H24F3N3O3. The molecule has 0 unspecified atom stereocenters. The average molecular weight is 459 g/mol. The Hall–Kier alpha value is -3.49. The third-order valence-electron chi connectivity index (χ3n) is 5.70. The van der Waals surface area contributed by atoms with E-state index in [4.69, 9.17) is 4.42 Å². The Morgan fingerprint density at radius 2 is 1.79 bits per heavy atom. The van der Waals surface area contributed by atoms with Crippen LogP contribution in [-0.2, 0) is 31.1 Å². The van der Waals surface area contributed by atoms with Crippen LogP contribution in [-0.4, -0.2) is 38.8 Å². The van der Waals surface area contributed by atoms with Crippen molar-refractivity contribution in [3.63, 3.8) is 0 Å². The summed E-state index contributed by atoms with van der Waals surface area (Å²) < 4.78 is 45.9. The molecule has 1 aliphatic carbocycles. The van der Waals surface area contributed by atoms with Crippen molar-refractivity contribution >= 4 is 11.8 Å². The van der Waals surface area contributed by atoms with Crippen LogP contribution in [0.15, 0.2) is 65.4 Å². The van der Waals surface area contributed by atoms with Gasteiger partial charge in [0.05, 0.1) is 24.9 Å². The molecule has 0 N–H and O–H groups in total. The molecule has 0 atom stereocenters. The van der Waals surface area contributed by atoms with Crippen molar-refractivity contribution < 1.29 is 27.2 Å². The Balaban J connectivity index is 1.51. The lowest BCUT2D eigenvalue weighted by Crippen LogP contribution is -2.43. The van der Waals surface area contributed by atoms with E-state index in [-0.39, 0.29) is 30.6 Å². The first-order valence-corrected chi connectivity index (χ1v) is 10.6. The zero-order chi connectivity index (χ0) is 23.6. The van der Waals surface area contributed by atoms with Gasteiger partial charge in [-0.3, -0.25) is 9.59 Å². The van der Waals surface area contributed by atoms with Crippen LogP contribution in [0.2, 0.25) is 0 Å². The van der Waals surface area contributed by atoms with Crippen LogP contribution in [0.3, 0.4) is 0 Å². The van der Waals surface area contributed by atoms with Gasteiger partial charge in [-0.2, -0.15) is 13.2 Å². The van der Waals surface area contributed by atoms with Gasteiger partial charge in [0, 0.05) is 30.5 Å². The van der Waals surface area contributed by atoms with Gasteiger partial charge in [-0.15, -0.1) is 0 Å². The first-order valence-electron chi connectivity index (χ1n) is 10.6. The fourth-order valence-electron chi connectivity index (χ4n) is 3.65. The van der Waals surface area contributed by atoms with Crippen LogP contribution in [0.4, 0.5) is 13.2 Å². The lowest BCUT2D eigenvalue weighted by Gasteiger charge is -2.27. The molecule has 0 radical (unpaired) electrons. The maximum atomic E-state index is 13.3. The largest absolute Gasteiger partial charge is 0.467 e. The summed E-state index contributed by atoms with van der Waals surface area (Å²) in [4.78, 5) is 29.5. The van der Waals surface area contributed by atoms with Crippen molar-refractivity contribution in [3.05, 3.63) is 83.6 Å². The van der Waals surface area contributed by atoms with Crippen LogP contribution in [0.5, 0.6) is 0 Å². The molecule has 2 aromatic heterocycles. The standard InChI is InChI=1S/C24H24F3N3O3/c1-28-12-2-4-20(28)14-29(15-21-5-3-13-33-21)22(31)16-30(19-10-11-19)23(32)17-6-8-18(9-7-17)24(25,26)27/h2-9,12-13,19H,10-11,14-16H2,1H3. The van der Waals surface area contributed by atoms with E-state index in [1.54, 1.807) is 17.0 Å². The molecule has 3 aromatic rings. The molecule has 0 bridgehead atoms. The molecule has 2 heterocycles. The number of nitrogens with zero attached hydrogens (tertiary/aromatic N) is 3. The van der Waals surface area contributed by atoms with E-state index in [0.29, 0.717) is 12.3 Å². The molecule has 1 aromatic carbocycles. The van der Waals surface area contributed by atoms with E-state index < -0.39 is 17.6 Å². The van der Waals surface area contributed by atoms with Gasteiger partial charge in [-0.1, -0.05) is 0 Å². The summed E-state index contributed by atoms with van der Waals surface area (Å²) in [5.74, 6) is -0.0965. The third kappa shape index (κ3) is 5.47. The number of aromatic nitrogens is 1. The highest BCUT2D eigenvalue weighted by atomic mass is 19.4. The Kier molecular flexibility index (Phi) is 6.31. The first kappa shape index (κ1) is 22.7. The molecule has 1 aliphatic rings. The SMILES string of the molecule is Cn1cccc1CN(Cc1ccco1)C(=O)CN(C(=O)c1ccc(C(F)(F)F)cc1)C1CC1. The summed E-state index contributed by atoms with van der Waals surface area (Å²) in [5, 5.41) is 0. The van der Waals surface area contributed by atoms with Crippen LogP contribution < -0.4 is 0 Å². The molecule has 9 heteroatoms. The predicted molar refractivity (Wildman–Crippen MR) is 114 cm³/mol. The third-order valence-corrected chi connectivity index (χ3v) is 5.70. The zero-order valence-electron chi connectivity index (χ0n) is 18.1. The van der Waals surface area contributed by atoms with Gasteiger partial charge < -0.3 is 18.8 Å². The smallest absolute Gasteiger partial charge is 0.416 e. The Morgan fingerprint density at radius 1 is 1.06 bits per heavy atom. The van der Waals surface area contributed by atoms with Gasteiger partial charge in [-0.25, -0.2) is 0 Å². The minimum absolute atomic E-state index is 0.0933. The normalized spacial score (nSPS) is 13.7. The van der Waals surface area contributed by atoms with Crippen molar-refractivity contribution in [2.45, 2.75) is 38.1 Å². The fraction of sp³-hybridized carbons (Fsp3) is 0.333. The number of rotatable bonds is 8. The average Bonchev–Trinajstić information content (AvgIpc) is 3.34. The Labute approximate surface area is 189 Å². The second-order valence-electron chi connectivity index (χ2n) is 8.18. The molecule has 1 saturated carbocycles. The molecular weight excluding hydrogens is 435 g/mol. The van der Waals surface area contributed by atoms with Crippen LogP contribution in [0, 0.1) is 0 Å². The van der Waals surface area contributed by atoms with Crippen LogP contribution in [0.25, 0.3) is 0 Å². The highest BCUT2D eigenvalue weighted by Crippen LogP contribution is 2.31. The lowest BCUT2D eigenvalue weighted by molar-refractivity contribution is -0.137. The first-order chi connectivity index (χ1) is 15.7. The number of aryl methyl sites for hydroxylation is 1. The Bertz CT molecular complexity index is 1100. The van der Waals surface area contributed by atoms with Gasteiger partial charge in [0.1, 0.15) is 12.3 Å². The van der Waals surface area contributed by atoms with Crippen molar-refractivity contribution in [2.24, 2.45) is 7.05 Å². The summed E-state index contributed by atoms with van der Waals surface area (Å²) >= 11 is 0. The summed E-state index contributed by atoms with van der Waals surface area (Å²) in [6.45, 7) is 0.412. The number of hydrogen-bond acceptors (Lipinski definition) is 3. The molecule has 2 amide bonds. The van der Waals surface area contributed by atoms with E-state index in [0.717, 1.165) is 42.8 Å². The maximum absolute atomic E-state index is 13.3. The maximum Gasteiger partial charge on any atom is 0.416 e. The molecule has 6 nitrogen and oxygen atoms in total. The number of furan rings is 1. The molecule has 0 aliphatic heterocycles. The topological polar surface area (TPSA) is 58.7 Å². The zero-order valence-corrected chi connectivity index (χ0v) is 18.1. The van der Waals surface area contributed by atoms with Crippen molar-refractivity contribution in [2.75, 3.05) is 6.54 Å². The van der Waals surface area contributed by atoms with E-state index in [9.17, 15) is 22.8 Å². The second-order valence-corrected chi connectivity index (χ2v) is 8.18.